The molecule has 2 heterocycles. The summed E-state index contributed by atoms with van der Waals surface area (Å²) in [6.07, 6.45) is 3.43. The van der Waals surface area contributed by atoms with E-state index in [9.17, 15) is 0 Å². The van der Waals surface area contributed by atoms with Crippen molar-refractivity contribution in [2.75, 3.05) is 72.3 Å². The summed E-state index contributed by atoms with van der Waals surface area (Å²) >= 11 is 0. The molecule has 0 aliphatic carbocycles. The highest BCUT2D eigenvalue weighted by molar-refractivity contribution is 5.79. The fraction of sp³-hybridized carbons (Fsp3) is 0.952. The molecule has 28 heavy (non-hydrogen) atoms. The summed E-state index contributed by atoms with van der Waals surface area (Å²) in [7, 11) is 0. The highest BCUT2D eigenvalue weighted by Gasteiger charge is 2.20. The van der Waals surface area contributed by atoms with Gasteiger partial charge in [0.15, 0.2) is 5.96 Å². The Kier molecular flexibility index (Phi) is 11.8. The third-order valence-electron chi connectivity index (χ3n) is 5.10. The molecule has 0 spiro atoms. The Morgan fingerprint density at radius 3 is 2.79 bits per heavy atom. The molecule has 7 nitrogen and oxygen atoms in total. The van der Waals surface area contributed by atoms with Crippen LogP contribution in [-0.4, -0.2) is 89.3 Å². The van der Waals surface area contributed by atoms with E-state index in [2.05, 4.69) is 36.3 Å². The Labute approximate surface area is 171 Å². The molecule has 2 fully saturated rings. The zero-order chi connectivity index (χ0) is 20.0. The molecule has 2 aliphatic rings. The Balaban J connectivity index is 1.60. The number of morpholine rings is 1. The van der Waals surface area contributed by atoms with E-state index in [4.69, 9.17) is 19.2 Å². The maximum atomic E-state index is 5.90. The number of guanidine groups is 1. The predicted molar refractivity (Wildman–Crippen MR) is 114 cm³/mol. The third-order valence-corrected chi connectivity index (χ3v) is 5.10. The number of nitrogens with one attached hydrogen (secondary N) is 2. The first-order chi connectivity index (χ1) is 13.7. The zero-order valence-electron chi connectivity index (χ0n) is 18.3. The van der Waals surface area contributed by atoms with E-state index in [0.717, 1.165) is 91.0 Å². The Morgan fingerprint density at radius 1 is 1.21 bits per heavy atom. The SMILES string of the molecule is CCNC(=NCC1CN(CC(C)C)CCO1)NCCCOCC1CCOCC1. The van der Waals surface area contributed by atoms with Crippen LogP contribution in [0.15, 0.2) is 4.99 Å². The van der Waals surface area contributed by atoms with Crippen LogP contribution in [0.25, 0.3) is 0 Å². The molecule has 164 valence electrons. The maximum Gasteiger partial charge on any atom is 0.191 e. The molecule has 0 bridgehead atoms. The standard InChI is InChI=1S/C21H42N4O3/c1-4-22-21(23-8-5-10-27-17-19-6-11-26-12-7-19)24-14-20-16-25(9-13-28-20)15-18(2)3/h18-20H,4-17H2,1-3H3,(H2,22,23,24). The van der Waals surface area contributed by atoms with Crippen molar-refractivity contribution >= 4 is 5.96 Å². The lowest BCUT2D eigenvalue weighted by Gasteiger charge is -2.33. The zero-order valence-corrected chi connectivity index (χ0v) is 18.3. The monoisotopic (exact) mass is 398 g/mol. The second-order valence-corrected chi connectivity index (χ2v) is 8.28. The molecule has 2 saturated heterocycles. The second kappa shape index (κ2) is 14.1. The van der Waals surface area contributed by atoms with Crippen LogP contribution in [0.1, 0.15) is 40.0 Å². The number of ether oxygens (including phenoxy) is 3. The van der Waals surface area contributed by atoms with E-state index >= 15 is 0 Å². The van der Waals surface area contributed by atoms with Crippen molar-refractivity contribution in [1.82, 2.24) is 15.5 Å². The van der Waals surface area contributed by atoms with Gasteiger partial charge >= 0.3 is 0 Å². The summed E-state index contributed by atoms with van der Waals surface area (Å²) in [6.45, 7) is 16.4. The summed E-state index contributed by atoms with van der Waals surface area (Å²) in [5.41, 5.74) is 0. The van der Waals surface area contributed by atoms with Gasteiger partial charge in [0.25, 0.3) is 0 Å². The molecule has 0 saturated carbocycles. The second-order valence-electron chi connectivity index (χ2n) is 8.28. The molecule has 2 rings (SSSR count). The van der Waals surface area contributed by atoms with Gasteiger partial charge in [-0.1, -0.05) is 13.8 Å². The van der Waals surface area contributed by atoms with Gasteiger partial charge in [-0.05, 0) is 38.0 Å². The van der Waals surface area contributed by atoms with Crippen LogP contribution in [0, 0.1) is 11.8 Å². The summed E-state index contributed by atoms with van der Waals surface area (Å²) in [5.74, 6) is 2.23. The molecular weight excluding hydrogens is 356 g/mol. The molecule has 0 amide bonds. The fourth-order valence-corrected chi connectivity index (χ4v) is 3.65. The van der Waals surface area contributed by atoms with Crippen LogP contribution < -0.4 is 10.6 Å². The van der Waals surface area contributed by atoms with Gasteiger partial charge < -0.3 is 24.8 Å². The van der Waals surface area contributed by atoms with Gasteiger partial charge in [0.1, 0.15) is 0 Å². The molecule has 7 heteroatoms. The van der Waals surface area contributed by atoms with E-state index in [-0.39, 0.29) is 6.10 Å². The molecule has 2 N–H and O–H groups in total. The normalized spacial score (nSPS) is 22.6. The number of aliphatic imine (C=N–C) groups is 1. The number of nitrogens with zero attached hydrogens (tertiary/aromatic N) is 2. The van der Waals surface area contributed by atoms with Crippen molar-refractivity contribution < 1.29 is 14.2 Å². The molecule has 0 aromatic rings. The maximum absolute atomic E-state index is 5.90. The van der Waals surface area contributed by atoms with Gasteiger partial charge in [-0.2, -0.15) is 0 Å². The smallest absolute Gasteiger partial charge is 0.191 e. The van der Waals surface area contributed by atoms with Crippen molar-refractivity contribution in [2.24, 2.45) is 16.8 Å². The average Bonchev–Trinajstić information content (AvgIpc) is 2.69. The first kappa shape index (κ1) is 23.4. The summed E-state index contributed by atoms with van der Waals surface area (Å²) < 4.78 is 17.1. The third kappa shape index (κ3) is 10.0. The van der Waals surface area contributed by atoms with Crippen LogP contribution in [0.2, 0.25) is 0 Å². The lowest BCUT2D eigenvalue weighted by Crippen LogP contribution is -2.46. The minimum absolute atomic E-state index is 0.186. The highest BCUT2D eigenvalue weighted by Crippen LogP contribution is 2.14. The van der Waals surface area contributed by atoms with Crippen molar-refractivity contribution in [3.8, 4) is 0 Å². The average molecular weight is 399 g/mol. The minimum atomic E-state index is 0.186. The molecule has 0 radical (unpaired) electrons. The van der Waals surface area contributed by atoms with Crippen molar-refractivity contribution in [3.63, 3.8) is 0 Å². The molecule has 1 atom stereocenters. The Morgan fingerprint density at radius 2 is 2.04 bits per heavy atom. The Bertz CT molecular complexity index is 428. The van der Waals surface area contributed by atoms with Crippen LogP contribution in [0.4, 0.5) is 0 Å². The molecule has 0 aromatic heterocycles. The van der Waals surface area contributed by atoms with E-state index < -0.39 is 0 Å². The highest BCUT2D eigenvalue weighted by atomic mass is 16.5. The van der Waals surface area contributed by atoms with Crippen molar-refractivity contribution in [2.45, 2.75) is 46.1 Å². The van der Waals surface area contributed by atoms with Gasteiger partial charge in [0, 0.05) is 59.2 Å². The van der Waals surface area contributed by atoms with Gasteiger partial charge in [0.2, 0.25) is 0 Å². The Hall–Kier alpha value is -0.890. The fourth-order valence-electron chi connectivity index (χ4n) is 3.65. The van der Waals surface area contributed by atoms with Gasteiger partial charge in [0.05, 0.1) is 19.3 Å². The van der Waals surface area contributed by atoms with Crippen molar-refractivity contribution in [1.29, 1.82) is 0 Å². The van der Waals surface area contributed by atoms with Gasteiger partial charge in [-0.15, -0.1) is 0 Å². The van der Waals surface area contributed by atoms with Crippen LogP contribution in [-0.2, 0) is 14.2 Å². The van der Waals surface area contributed by atoms with Gasteiger partial charge in [-0.25, -0.2) is 0 Å². The predicted octanol–water partition coefficient (Wildman–Crippen LogP) is 1.73. The first-order valence-corrected chi connectivity index (χ1v) is 11.2. The molecule has 1 unspecified atom stereocenters. The number of rotatable bonds is 11. The van der Waals surface area contributed by atoms with E-state index in [1.165, 1.54) is 0 Å². The number of hydrogen-bond acceptors (Lipinski definition) is 5. The van der Waals surface area contributed by atoms with E-state index in [1.54, 1.807) is 0 Å². The summed E-state index contributed by atoms with van der Waals surface area (Å²) in [4.78, 5) is 7.22. The first-order valence-electron chi connectivity index (χ1n) is 11.2. The molecule has 2 aliphatic heterocycles. The molecule has 0 aromatic carbocycles. The van der Waals surface area contributed by atoms with E-state index in [1.807, 2.05) is 0 Å². The van der Waals surface area contributed by atoms with Crippen LogP contribution >= 0.6 is 0 Å². The minimum Gasteiger partial charge on any atom is -0.381 e. The number of hydrogen-bond donors (Lipinski definition) is 2. The van der Waals surface area contributed by atoms with E-state index in [0.29, 0.717) is 18.4 Å². The summed E-state index contributed by atoms with van der Waals surface area (Å²) in [5, 5.41) is 6.74. The lowest BCUT2D eigenvalue weighted by molar-refractivity contribution is -0.0261. The topological polar surface area (TPSA) is 67.4 Å². The lowest BCUT2D eigenvalue weighted by atomic mass is 10.0. The van der Waals surface area contributed by atoms with Crippen LogP contribution in [0.3, 0.4) is 0 Å². The largest absolute Gasteiger partial charge is 0.381 e. The summed E-state index contributed by atoms with van der Waals surface area (Å²) in [6, 6.07) is 0. The van der Waals surface area contributed by atoms with Gasteiger partial charge in [-0.3, -0.25) is 9.89 Å². The quantitative estimate of drug-likeness (QED) is 0.314. The molecular formula is C21H42N4O3. The van der Waals surface area contributed by atoms with Crippen LogP contribution in [0.5, 0.6) is 0 Å². The van der Waals surface area contributed by atoms with Crippen molar-refractivity contribution in [3.05, 3.63) is 0 Å².